The number of carbonyl (C=O) groups is 2. The lowest BCUT2D eigenvalue weighted by atomic mass is 10.9. The molecular formula is C4H5O5. The monoisotopic (exact) mass is 133 g/mol. The molecule has 0 atom stereocenters. The van der Waals surface area contributed by atoms with Gasteiger partial charge in [-0.25, -0.2) is 4.79 Å². The van der Waals surface area contributed by atoms with Gasteiger partial charge in [0, 0.05) is 0 Å². The first kappa shape index (κ1) is 7.74. The van der Waals surface area contributed by atoms with Crippen molar-refractivity contribution < 1.29 is 24.2 Å². The van der Waals surface area contributed by atoms with E-state index >= 15 is 0 Å². The van der Waals surface area contributed by atoms with Gasteiger partial charge in [-0.15, -0.1) is 0 Å². The van der Waals surface area contributed by atoms with Gasteiger partial charge in [0.1, 0.15) is 0 Å². The topological polar surface area (TPSA) is 72.5 Å². The van der Waals surface area contributed by atoms with Crippen LogP contribution < -0.4 is 0 Å². The van der Waals surface area contributed by atoms with Crippen LogP contribution in [0.4, 0.5) is 9.59 Å². The van der Waals surface area contributed by atoms with Gasteiger partial charge >= 0.3 is 12.3 Å². The quantitative estimate of drug-likeness (QED) is 0.390. The van der Waals surface area contributed by atoms with E-state index in [4.69, 9.17) is 0 Å². The van der Waals surface area contributed by atoms with Crippen LogP contribution in [-0.4, -0.2) is 18.9 Å². The van der Waals surface area contributed by atoms with Gasteiger partial charge in [-0.1, -0.05) is 0 Å². The highest BCUT2D eigenvalue weighted by molar-refractivity contribution is 5.75. The SMILES string of the molecule is CCOC(=O)OC([O])=O. The highest BCUT2D eigenvalue weighted by Crippen LogP contribution is 1.84. The van der Waals surface area contributed by atoms with Crippen LogP contribution in [0, 0.1) is 0 Å². The molecule has 5 heteroatoms. The van der Waals surface area contributed by atoms with Gasteiger partial charge in [0.05, 0.1) is 6.61 Å². The van der Waals surface area contributed by atoms with Crippen LogP contribution in [0.2, 0.25) is 0 Å². The Labute approximate surface area is 51.2 Å². The minimum absolute atomic E-state index is 0.0755. The summed E-state index contributed by atoms with van der Waals surface area (Å²) in [6.45, 7) is 1.60. The number of hydrogen-bond donors (Lipinski definition) is 0. The lowest BCUT2D eigenvalue weighted by Crippen LogP contribution is -2.10. The Kier molecular flexibility index (Phi) is 3.19. The number of ether oxygens (including phenoxy) is 2. The van der Waals surface area contributed by atoms with Crippen molar-refractivity contribution >= 4 is 12.3 Å². The van der Waals surface area contributed by atoms with Gasteiger partial charge in [-0.3, -0.25) is 0 Å². The van der Waals surface area contributed by atoms with E-state index in [2.05, 4.69) is 9.47 Å². The Bertz CT molecular complexity index is 118. The summed E-state index contributed by atoms with van der Waals surface area (Å²) in [6.07, 6.45) is -3.16. The summed E-state index contributed by atoms with van der Waals surface area (Å²) in [4.78, 5) is 19.4. The molecule has 0 amide bonds. The molecule has 0 N–H and O–H groups in total. The van der Waals surface area contributed by atoms with Gasteiger partial charge in [0.15, 0.2) is 0 Å². The highest BCUT2D eigenvalue weighted by Gasteiger charge is 2.08. The molecule has 0 aromatic rings. The van der Waals surface area contributed by atoms with Crippen molar-refractivity contribution in [2.75, 3.05) is 6.61 Å². The summed E-state index contributed by atoms with van der Waals surface area (Å²) in [5, 5.41) is 9.45. The zero-order chi connectivity index (χ0) is 7.28. The van der Waals surface area contributed by atoms with Gasteiger partial charge in [-0.05, 0) is 6.92 Å². The maximum Gasteiger partial charge on any atom is 0.560 e. The third-order valence-corrected chi connectivity index (χ3v) is 0.429. The van der Waals surface area contributed by atoms with Crippen molar-refractivity contribution in [3.05, 3.63) is 0 Å². The number of hydrogen-bond acceptors (Lipinski definition) is 4. The predicted octanol–water partition coefficient (Wildman–Crippen LogP) is 0.710. The van der Waals surface area contributed by atoms with E-state index in [0.29, 0.717) is 0 Å². The summed E-state index contributed by atoms with van der Waals surface area (Å²) < 4.78 is 7.51. The number of rotatable bonds is 1. The third-order valence-electron chi connectivity index (χ3n) is 0.429. The highest BCUT2D eigenvalue weighted by atomic mass is 16.8. The lowest BCUT2D eigenvalue weighted by molar-refractivity contribution is 0.0455. The van der Waals surface area contributed by atoms with Crippen LogP contribution in [-0.2, 0) is 14.6 Å². The summed E-state index contributed by atoms with van der Waals surface area (Å²) in [5.41, 5.74) is 0. The van der Waals surface area contributed by atoms with Crippen LogP contribution in [0.5, 0.6) is 0 Å². The Balaban J connectivity index is 3.39. The zero-order valence-corrected chi connectivity index (χ0v) is 4.75. The van der Waals surface area contributed by atoms with Crippen molar-refractivity contribution in [3.8, 4) is 0 Å². The Morgan fingerprint density at radius 2 is 2.00 bits per heavy atom. The molecular weight excluding hydrogens is 128 g/mol. The largest absolute Gasteiger partial charge is 0.560 e. The van der Waals surface area contributed by atoms with E-state index in [1.807, 2.05) is 0 Å². The van der Waals surface area contributed by atoms with E-state index in [9.17, 15) is 14.7 Å². The molecule has 5 nitrogen and oxygen atoms in total. The molecule has 0 aromatic carbocycles. The van der Waals surface area contributed by atoms with E-state index < -0.39 is 12.3 Å². The Morgan fingerprint density at radius 1 is 1.44 bits per heavy atom. The summed E-state index contributed by atoms with van der Waals surface area (Å²) in [5.74, 6) is 0. The van der Waals surface area contributed by atoms with Crippen molar-refractivity contribution in [2.45, 2.75) is 6.92 Å². The molecule has 0 saturated carbocycles. The maximum absolute atomic E-state index is 9.99. The Hall–Kier alpha value is -1.26. The summed E-state index contributed by atoms with van der Waals surface area (Å²) >= 11 is 0. The molecule has 9 heavy (non-hydrogen) atoms. The van der Waals surface area contributed by atoms with Gasteiger partial charge in [-0.2, -0.15) is 9.90 Å². The smallest absolute Gasteiger partial charge is 0.434 e. The third kappa shape index (κ3) is 4.60. The van der Waals surface area contributed by atoms with E-state index in [1.54, 1.807) is 0 Å². The van der Waals surface area contributed by atoms with Crippen LogP contribution in [0.1, 0.15) is 6.92 Å². The first-order valence-electron chi connectivity index (χ1n) is 2.22. The molecule has 0 heterocycles. The van der Waals surface area contributed by atoms with E-state index in [-0.39, 0.29) is 6.61 Å². The van der Waals surface area contributed by atoms with Crippen molar-refractivity contribution in [1.82, 2.24) is 0 Å². The zero-order valence-electron chi connectivity index (χ0n) is 4.75. The van der Waals surface area contributed by atoms with Crippen molar-refractivity contribution in [3.63, 3.8) is 0 Å². The standard InChI is InChI=1S/C4H5O5/c1-2-8-4(7)9-3(5)6/h2H2,1H3. The van der Waals surface area contributed by atoms with Crippen LogP contribution in [0.25, 0.3) is 0 Å². The minimum Gasteiger partial charge on any atom is -0.434 e. The molecule has 1 radical (unpaired) electrons. The van der Waals surface area contributed by atoms with Crippen LogP contribution in [0.3, 0.4) is 0 Å². The first-order chi connectivity index (χ1) is 4.16. The van der Waals surface area contributed by atoms with Crippen LogP contribution in [0.15, 0.2) is 0 Å². The fourth-order valence-corrected chi connectivity index (χ4v) is 0.215. The molecule has 0 rings (SSSR count). The van der Waals surface area contributed by atoms with Gasteiger partial charge < -0.3 is 9.47 Å². The first-order valence-corrected chi connectivity index (χ1v) is 2.22. The average Bonchev–Trinajstić information content (AvgIpc) is 1.63. The lowest BCUT2D eigenvalue weighted by Gasteiger charge is -1.94. The molecule has 0 aliphatic heterocycles. The molecule has 0 aliphatic carbocycles. The normalized spacial score (nSPS) is 8.11. The fraction of sp³-hybridized carbons (Fsp3) is 0.500. The molecule has 51 valence electrons. The second kappa shape index (κ2) is 3.71. The molecule has 0 saturated heterocycles. The molecule has 0 aliphatic rings. The second-order valence-corrected chi connectivity index (χ2v) is 1.04. The maximum atomic E-state index is 9.99. The van der Waals surface area contributed by atoms with Gasteiger partial charge in [0.25, 0.3) is 0 Å². The molecule has 0 unspecified atom stereocenters. The van der Waals surface area contributed by atoms with Crippen molar-refractivity contribution in [1.29, 1.82) is 0 Å². The second-order valence-electron chi connectivity index (χ2n) is 1.04. The van der Waals surface area contributed by atoms with Gasteiger partial charge in [0.2, 0.25) is 0 Å². The minimum atomic E-state index is -1.91. The van der Waals surface area contributed by atoms with Crippen molar-refractivity contribution in [2.24, 2.45) is 0 Å². The fourth-order valence-electron chi connectivity index (χ4n) is 0.215. The van der Waals surface area contributed by atoms with E-state index in [0.717, 1.165) is 0 Å². The summed E-state index contributed by atoms with van der Waals surface area (Å²) in [6, 6.07) is 0. The number of carbonyl (C=O) groups excluding carboxylic acids is 2. The predicted molar refractivity (Wildman–Crippen MR) is 24.2 cm³/mol. The van der Waals surface area contributed by atoms with E-state index in [1.165, 1.54) is 6.92 Å². The molecule has 0 aromatic heterocycles. The molecule has 0 spiro atoms. The molecule has 0 bridgehead atoms. The Morgan fingerprint density at radius 3 is 2.33 bits per heavy atom. The summed E-state index contributed by atoms with van der Waals surface area (Å²) in [7, 11) is 0. The average molecular weight is 133 g/mol. The molecule has 0 fully saturated rings. The van der Waals surface area contributed by atoms with Crippen LogP contribution >= 0.6 is 0 Å².